The molecular formula is C7H5F4NO2S. The number of hydrogen-bond donors (Lipinski definition) is 0. The van der Waals surface area contributed by atoms with Crippen LogP contribution in [0, 0.1) is 6.92 Å². The molecule has 0 spiro atoms. The van der Waals surface area contributed by atoms with Gasteiger partial charge in [0.1, 0.15) is 10.6 Å². The summed E-state index contributed by atoms with van der Waals surface area (Å²) in [7, 11) is -5.03. The molecule has 0 N–H and O–H groups in total. The van der Waals surface area contributed by atoms with Gasteiger partial charge in [0.15, 0.2) is 0 Å². The minimum absolute atomic E-state index is 0.333. The second-order valence-corrected chi connectivity index (χ2v) is 4.09. The fraction of sp³-hybridized carbons (Fsp3) is 0.286. The molecule has 0 aliphatic rings. The second-order valence-electron chi connectivity index (χ2n) is 2.77. The fourth-order valence-corrected chi connectivity index (χ4v) is 1.58. The molecule has 3 nitrogen and oxygen atoms in total. The van der Waals surface area contributed by atoms with Crippen LogP contribution in [0.25, 0.3) is 0 Å². The minimum Gasteiger partial charge on any atom is -0.250 e. The van der Waals surface area contributed by atoms with Gasteiger partial charge in [0.05, 0.1) is 0 Å². The van der Waals surface area contributed by atoms with Crippen molar-refractivity contribution in [3.63, 3.8) is 0 Å². The lowest BCUT2D eigenvalue weighted by Gasteiger charge is -2.07. The van der Waals surface area contributed by atoms with Crippen LogP contribution in [-0.2, 0) is 16.4 Å². The van der Waals surface area contributed by atoms with Gasteiger partial charge >= 0.3 is 16.4 Å². The van der Waals surface area contributed by atoms with E-state index in [1.165, 1.54) is 0 Å². The highest BCUT2D eigenvalue weighted by Gasteiger charge is 2.33. The standard InChI is InChI=1S/C7H5F4NO2S/c1-4-2-6(7(8,9)10)12-3-5(4)15(11,13)14/h2-3H,1H3. The van der Waals surface area contributed by atoms with Crippen LogP contribution in [0.5, 0.6) is 0 Å². The summed E-state index contributed by atoms with van der Waals surface area (Å²) in [6.07, 6.45) is -4.32. The molecule has 15 heavy (non-hydrogen) atoms. The first-order valence-electron chi connectivity index (χ1n) is 3.61. The van der Waals surface area contributed by atoms with Crippen LogP contribution in [0.2, 0.25) is 0 Å². The van der Waals surface area contributed by atoms with E-state index in [4.69, 9.17) is 0 Å². The zero-order valence-corrected chi connectivity index (χ0v) is 8.16. The first kappa shape index (κ1) is 11.9. The number of nitrogens with zero attached hydrogens (tertiary/aromatic N) is 1. The Morgan fingerprint density at radius 1 is 1.33 bits per heavy atom. The lowest BCUT2D eigenvalue weighted by molar-refractivity contribution is -0.141. The molecule has 0 bridgehead atoms. The van der Waals surface area contributed by atoms with Crippen LogP contribution in [-0.4, -0.2) is 13.4 Å². The largest absolute Gasteiger partial charge is 0.433 e. The first-order valence-corrected chi connectivity index (χ1v) is 4.99. The average Bonchev–Trinajstić information content (AvgIpc) is 1.99. The zero-order valence-electron chi connectivity index (χ0n) is 7.34. The molecule has 0 aliphatic heterocycles. The van der Waals surface area contributed by atoms with Crippen LogP contribution in [0.1, 0.15) is 11.3 Å². The Labute approximate surface area is 83.0 Å². The van der Waals surface area contributed by atoms with Gasteiger partial charge in [-0.3, -0.25) is 4.98 Å². The summed E-state index contributed by atoms with van der Waals surface area (Å²) in [4.78, 5) is 1.98. The van der Waals surface area contributed by atoms with Crippen molar-refractivity contribution in [3.8, 4) is 0 Å². The maximum atomic E-state index is 12.5. The minimum atomic E-state index is -5.03. The van der Waals surface area contributed by atoms with E-state index in [0.29, 0.717) is 12.3 Å². The van der Waals surface area contributed by atoms with E-state index in [-0.39, 0.29) is 5.56 Å². The highest BCUT2D eigenvalue weighted by molar-refractivity contribution is 7.86. The second kappa shape index (κ2) is 3.44. The van der Waals surface area contributed by atoms with Gasteiger partial charge in [0.25, 0.3) is 0 Å². The zero-order chi connectivity index (χ0) is 11.9. The number of aryl methyl sites for hydroxylation is 1. The smallest absolute Gasteiger partial charge is 0.250 e. The van der Waals surface area contributed by atoms with E-state index >= 15 is 0 Å². The molecule has 0 radical (unpaired) electrons. The Hall–Kier alpha value is -1.18. The summed E-state index contributed by atoms with van der Waals surface area (Å²) in [5.74, 6) is 0. The van der Waals surface area contributed by atoms with Crippen LogP contribution in [0.3, 0.4) is 0 Å². The Morgan fingerprint density at radius 3 is 2.20 bits per heavy atom. The molecule has 0 aromatic carbocycles. The van der Waals surface area contributed by atoms with Gasteiger partial charge in [-0.1, -0.05) is 0 Å². The van der Waals surface area contributed by atoms with Crippen molar-refractivity contribution in [2.24, 2.45) is 0 Å². The monoisotopic (exact) mass is 243 g/mol. The Kier molecular flexibility index (Phi) is 2.73. The Balaban J connectivity index is 3.34. The summed E-state index contributed by atoms with van der Waals surface area (Å²) >= 11 is 0. The fourth-order valence-electron chi connectivity index (χ4n) is 0.954. The third-order valence-corrected chi connectivity index (χ3v) is 2.57. The van der Waals surface area contributed by atoms with E-state index < -0.39 is 27.0 Å². The van der Waals surface area contributed by atoms with Gasteiger partial charge in [-0.15, -0.1) is 3.89 Å². The van der Waals surface area contributed by atoms with Crippen molar-refractivity contribution in [1.29, 1.82) is 0 Å². The Bertz CT molecular complexity index is 480. The molecule has 0 saturated heterocycles. The van der Waals surface area contributed by atoms with E-state index in [9.17, 15) is 25.5 Å². The molecule has 1 rings (SSSR count). The molecule has 8 heteroatoms. The molecule has 0 saturated carbocycles. The lowest BCUT2D eigenvalue weighted by atomic mass is 10.2. The van der Waals surface area contributed by atoms with Gasteiger partial charge in [-0.05, 0) is 18.6 Å². The molecule has 1 heterocycles. The maximum absolute atomic E-state index is 12.5. The highest BCUT2D eigenvalue weighted by atomic mass is 32.3. The average molecular weight is 243 g/mol. The molecule has 0 fully saturated rings. The highest BCUT2D eigenvalue weighted by Crippen LogP contribution is 2.29. The van der Waals surface area contributed by atoms with Gasteiger partial charge < -0.3 is 0 Å². The van der Waals surface area contributed by atoms with Crippen molar-refractivity contribution in [2.75, 3.05) is 0 Å². The van der Waals surface area contributed by atoms with Gasteiger partial charge in [0.2, 0.25) is 0 Å². The van der Waals surface area contributed by atoms with Crippen molar-refractivity contribution in [2.45, 2.75) is 18.0 Å². The summed E-state index contributed by atoms with van der Waals surface area (Å²) in [6.45, 7) is 1.06. The number of pyridine rings is 1. The molecule has 0 amide bonds. The summed E-state index contributed by atoms with van der Waals surface area (Å²) in [6, 6.07) is 0.479. The quantitative estimate of drug-likeness (QED) is 0.560. The third kappa shape index (κ3) is 2.65. The first-order chi connectivity index (χ1) is 6.62. The third-order valence-electron chi connectivity index (χ3n) is 1.62. The maximum Gasteiger partial charge on any atom is 0.433 e. The molecule has 0 atom stereocenters. The van der Waals surface area contributed by atoms with Crippen molar-refractivity contribution < 1.29 is 25.5 Å². The van der Waals surface area contributed by atoms with Crippen LogP contribution in [0.4, 0.5) is 17.1 Å². The van der Waals surface area contributed by atoms with Gasteiger partial charge in [-0.25, -0.2) is 0 Å². The molecule has 84 valence electrons. The number of hydrogen-bond acceptors (Lipinski definition) is 3. The predicted octanol–water partition coefficient (Wildman–Crippen LogP) is 2.07. The van der Waals surface area contributed by atoms with Crippen LogP contribution < -0.4 is 0 Å². The summed E-state index contributed by atoms with van der Waals surface area (Å²) < 4.78 is 69.6. The predicted molar refractivity (Wildman–Crippen MR) is 42.3 cm³/mol. The molecule has 0 aliphatic carbocycles. The number of alkyl halides is 3. The Morgan fingerprint density at radius 2 is 1.87 bits per heavy atom. The molecule has 1 aromatic heterocycles. The van der Waals surface area contributed by atoms with Crippen LogP contribution in [0.15, 0.2) is 17.2 Å². The van der Waals surface area contributed by atoms with Crippen molar-refractivity contribution in [1.82, 2.24) is 4.98 Å². The van der Waals surface area contributed by atoms with Crippen molar-refractivity contribution >= 4 is 10.2 Å². The number of halogens is 4. The van der Waals surface area contributed by atoms with Gasteiger partial charge in [0, 0.05) is 6.20 Å². The molecule has 0 unspecified atom stereocenters. The van der Waals surface area contributed by atoms with Crippen LogP contribution >= 0.6 is 0 Å². The van der Waals surface area contributed by atoms with E-state index in [0.717, 1.165) is 6.92 Å². The topological polar surface area (TPSA) is 47.0 Å². The van der Waals surface area contributed by atoms with E-state index in [1.807, 2.05) is 0 Å². The lowest BCUT2D eigenvalue weighted by Crippen LogP contribution is -2.09. The van der Waals surface area contributed by atoms with Crippen molar-refractivity contribution in [3.05, 3.63) is 23.5 Å². The number of rotatable bonds is 1. The number of aromatic nitrogens is 1. The summed E-state index contributed by atoms with van der Waals surface area (Å²) in [5.41, 5.74) is -1.59. The van der Waals surface area contributed by atoms with Gasteiger partial charge in [-0.2, -0.15) is 21.6 Å². The summed E-state index contributed by atoms with van der Waals surface area (Å²) in [5, 5.41) is 0. The normalized spacial score (nSPS) is 12.9. The van der Waals surface area contributed by atoms with E-state index in [1.54, 1.807) is 0 Å². The SMILES string of the molecule is Cc1cc(C(F)(F)F)ncc1S(=O)(=O)F. The molecular weight excluding hydrogens is 238 g/mol. The van der Waals surface area contributed by atoms with E-state index in [2.05, 4.69) is 4.98 Å². The molecule has 1 aromatic rings.